The molecular formula is C11H13BrN2O4. The first-order valence-electron chi connectivity index (χ1n) is 5.36. The van der Waals surface area contributed by atoms with Crippen LogP contribution in [0, 0.1) is 10.1 Å². The van der Waals surface area contributed by atoms with Gasteiger partial charge in [0.25, 0.3) is 5.69 Å². The van der Waals surface area contributed by atoms with Crippen LogP contribution >= 0.6 is 15.9 Å². The molecule has 0 unspecified atom stereocenters. The zero-order valence-electron chi connectivity index (χ0n) is 9.56. The predicted octanol–water partition coefficient (Wildman–Crippen LogP) is 2.31. The van der Waals surface area contributed by atoms with Crippen LogP contribution in [-0.4, -0.2) is 22.5 Å². The van der Waals surface area contributed by atoms with Crippen molar-refractivity contribution in [2.45, 2.75) is 19.4 Å². The van der Waals surface area contributed by atoms with Gasteiger partial charge in [-0.05, 0) is 34.5 Å². The molecule has 0 aromatic heterocycles. The molecule has 0 saturated carbocycles. The summed E-state index contributed by atoms with van der Waals surface area (Å²) in [5, 5.41) is 22.2. The fraction of sp³-hybridized carbons (Fsp3) is 0.364. The number of carbonyl (C=O) groups is 1. The minimum Gasteiger partial charge on any atom is -0.481 e. The number of nitro benzene ring substituents is 1. The summed E-state index contributed by atoms with van der Waals surface area (Å²) in [7, 11) is 0. The van der Waals surface area contributed by atoms with Crippen LogP contribution in [0.25, 0.3) is 0 Å². The second-order valence-corrected chi connectivity index (χ2v) is 4.47. The topological polar surface area (TPSA) is 92.5 Å². The number of hydrogen-bond acceptors (Lipinski definition) is 4. The molecule has 0 radical (unpaired) electrons. The summed E-state index contributed by atoms with van der Waals surface area (Å²) in [6.45, 7) is 1.02. The smallest absolute Gasteiger partial charge is 0.303 e. The van der Waals surface area contributed by atoms with Gasteiger partial charge >= 0.3 is 5.97 Å². The van der Waals surface area contributed by atoms with Crippen molar-refractivity contribution in [3.05, 3.63) is 38.3 Å². The third-order valence-electron chi connectivity index (χ3n) is 2.31. The Morgan fingerprint density at radius 1 is 1.50 bits per heavy atom. The van der Waals surface area contributed by atoms with E-state index in [0.29, 0.717) is 24.0 Å². The molecule has 1 aromatic carbocycles. The van der Waals surface area contributed by atoms with E-state index in [-0.39, 0.29) is 12.1 Å². The highest BCUT2D eigenvalue weighted by Gasteiger charge is 2.14. The zero-order chi connectivity index (χ0) is 13.5. The van der Waals surface area contributed by atoms with E-state index >= 15 is 0 Å². The van der Waals surface area contributed by atoms with E-state index in [1.165, 1.54) is 6.07 Å². The van der Waals surface area contributed by atoms with Crippen molar-refractivity contribution >= 4 is 27.6 Å². The Balaban J connectivity index is 2.50. The van der Waals surface area contributed by atoms with Crippen LogP contribution in [0.5, 0.6) is 0 Å². The number of aliphatic carboxylic acids is 1. The number of carboxylic acid groups (broad SMARTS) is 1. The van der Waals surface area contributed by atoms with Gasteiger partial charge in [-0.1, -0.05) is 12.1 Å². The second kappa shape index (κ2) is 7.07. The fourth-order valence-corrected chi connectivity index (χ4v) is 1.98. The van der Waals surface area contributed by atoms with E-state index < -0.39 is 10.9 Å². The van der Waals surface area contributed by atoms with Gasteiger partial charge in [0, 0.05) is 19.0 Å². The maximum absolute atomic E-state index is 10.7. The molecule has 6 nitrogen and oxygen atoms in total. The van der Waals surface area contributed by atoms with Crippen molar-refractivity contribution < 1.29 is 14.8 Å². The molecule has 0 aliphatic carbocycles. The Bertz CT molecular complexity index is 451. The highest BCUT2D eigenvalue weighted by atomic mass is 79.9. The number of rotatable bonds is 7. The Kier molecular flexibility index (Phi) is 5.73. The first kappa shape index (κ1) is 14.6. The first-order valence-corrected chi connectivity index (χ1v) is 6.16. The highest BCUT2D eigenvalue weighted by molar-refractivity contribution is 9.10. The van der Waals surface area contributed by atoms with E-state index in [2.05, 4.69) is 21.2 Å². The van der Waals surface area contributed by atoms with Crippen molar-refractivity contribution in [3.8, 4) is 0 Å². The molecule has 0 bridgehead atoms. The number of nitro groups is 1. The van der Waals surface area contributed by atoms with Gasteiger partial charge in [0.05, 0.1) is 9.40 Å². The molecular weight excluding hydrogens is 304 g/mol. The lowest BCUT2D eigenvalue weighted by Crippen LogP contribution is -2.16. The van der Waals surface area contributed by atoms with Crippen molar-refractivity contribution in [2.24, 2.45) is 0 Å². The van der Waals surface area contributed by atoms with Crippen molar-refractivity contribution in [3.63, 3.8) is 0 Å². The fourth-order valence-electron chi connectivity index (χ4n) is 1.43. The predicted molar refractivity (Wildman–Crippen MR) is 69.4 cm³/mol. The summed E-state index contributed by atoms with van der Waals surface area (Å²) in [5.74, 6) is -0.826. The van der Waals surface area contributed by atoms with E-state index in [4.69, 9.17) is 5.11 Å². The third-order valence-corrected chi connectivity index (χ3v) is 3.23. The molecule has 0 amide bonds. The molecule has 18 heavy (non-hydrogen) atoms. The van der Waals surface area contributed by atoms with E-state index in [0.717, 1.165) is 5.56 Å². The lowest BCUT2D eigenvalue weighted by molar-refractivity contribution is -0.385. The quantitative estimate of drug-likeness (QED) is 0.457. The summed E-state index contributed by atoms with van der Waals surface area (Å²) in [6, 6.07) is 4.83. The molecule has 0 saturated heterocycles. The summed E-state index contributed by atoms with van der Waals surface area (Å²) >= 11 is 3.20. The molecule has 2 N–H and O–H groups in total. The molecule has 0 atom stereocenters. The average Bonchev–Trinajstić information content (AvgIpc) is 2.30. The summed E-state index contributed by atoms with van der Waals surface area (Å²) in [4.78, 5) is 20.6. The van der Waals surface area contributed by atoms with Gasteiger partial charge in [-0.2, -0.15) is 0 Å². The molecule has 0 aliphatic rings. The summed E-state index contributed by atoms with van der Waals surface area (Å²) in [5.41, 5.74) is 0.805. The molecule has 0 fully saturated rings. The minimum absolute atomic E-state index is 0.0276. The van der Waals surface area contributed by atoms with Gasteiger partial charge in [0.1, 0.15) is 0 Å². The van der Waals surface area contributed by atoms with Gasteiger partial charge in [-0.15, -0.1) is 0 Å². The van der Waals surface area contributed by atoms with Crippen molar-refractivity contribution in [1.82, 2.24) is 5.32 Å². The minimum atomic E-state index is -0.826. The standard InChI is InChI=1S/C11H13BrN2O4/c12-11-8(3-1-4-9(11)14(17)18)7-13-6-2-5-10(15)16/h1,3-4,13H,2,5-7H2,(H,15,16). The molecule has 0 spiro atoms. The first-order chi connectivity index (χ1) is 8.52. The normalized spacial score (nSPS) is 10.3. The van der Waals surface area contributed by atoms with Gasteiger partial charge in [-0.25, -0.2) is 0 Å². The lowest BCUT2D eigenvalue weighted by atomic mass is 10.2. The number of halogens is 1. The number of benzene rings is 1. The third kappa shape index (κ3) is 4.42. The largest absolute Gasteiger partial charge is 0.481 e. The van der Waals surface area contributed by atoms with Crippen LogP contribution in [-0.2, 0) is 11.3 Å². The maximum atomic E-state index is 10.7. The van der Waals surface area contributed by atoms with Crippen molar-refractivity contribution in [1.29, 1.82) is 0 Å². The van der Waals surface area contributed by atoms with E-state index in [1.54, 1.807) is 12.1 Å². The number of nitrogens with zero attached hydrogens (tertiary/aromatic N) is 1. The molecule has 7 heteroatoms. The Hall–Kier alpha value is -1.47. The summed E-state index contributed by atoms with van der Waals surface area (Å²) in [6.07, 6.45) is 0.644. The molecule has 0 aliphatic heterocycles. The van der Waals surface area contributed by atoms with Crippen LogP contribution in [0.4, 0.5) is 5.69 Å². The lowest BCUT2D eigenvalue weighted by Gasteiger charge is -2.06. The van der Waals surface area contributed by atoms with Crippen LogP contribution in [0.3, 0.4) is 0 Å². The Morgan fingerprint density at radius 3 is 2.83 bits per heavy atom. The molecule has 98 valence electrons. The van der Waals surface area contributed by atoms with Crippen LogP contribution in [0.15, 0.2) is 22.7 Å². The summed E-state index contributed by atoms with van der Waals surface area (Å²) < 4.78 is 0.459. The number of hydrogen-bond donors (Lipinski definition) is 2. The molecule has 0 heterocycles. The number of nitrogens with one attached hydrogen (secondary N) is 1. The van der Waals surface area contributed by atoms with Crippen molar-refractivity contribution in [2.75, 3.05) is 6.54 Å². The van der Waals surface area contributed by atoms with Crippen LogP contribution in [0.2, 0.25) is 0 Å². The van der Waals surface area contributed by atoms with Gasteiger partial charge < -0.3 is 10.4 Å². The maximum Gasteiger partial charge on any atom is 0.303 e. The SMILES string of the molecule is O=C(O)CCCNCc1cccc([N+](=O)[O-])c1Br. The Morgan fingerprint density at radius 2 is 2.22 bits per heavy atom. The number of carboxylic acids is 1. The van der Waals surface area contributed by atoms with Crippen LogP contribution < -0.4 is 5.32 Å². The highest BCUT2D eigenvalue weighted by Crippen LogP contribution is 2.27. The van der Waals surface area contributed by atoms with Gasteiger partial charge in [-0.3, -0.25) is 14.9 Å². The second-order valence-electron chi connectivity index (χ2n) is 3.68. The van der Waals surface area contributed by atoms with Gasteiger partial charge in [0.15, 0.2) is 0 Å². The molecule has 1 rings (SSSR count). The van der Waals surface area contributed by atoms with E-state index in [9.17, 15) is 14.9 Å². The van der Waals surface area contributed by atoms with E-state index in [1.807, 2.05) is 0 Å². The van der Waals surface area contributed by atoms with Crippen LogP contribution in [0.1, 0.15) is 18.4 Å². The average molecular weight is 317 g/mol. The zero-order valence-corrected chi connectivity index (χ0v) is 11.1. The monoisotopic (exact) mass is 316 g/mol. The molecule has 1 aromatic rings. The van der Waals surface area contributed by atoms with Gasteiger partial charge in [0.2, 0.25) is 0 Å². The Labute approximate surface area is 112 Å².